The van der Waals surface area contributed by atoms with Crippen molar-refractivity contribution in [3.05, 3.63) is 23.8 Å². The minimum atomic E-state index is -0.260. The van der Waals surface area contributed by atoms with Gasteiger partial charge in [0.1, 0.15) is 11.5 Å². The van der Waals surface area contributed by atoms with E-state index in [1.165, 1.54) is 19.6 Å². The number of phenols is 1. The minimum absolute atomic E-state index is 0.0259. The van der Waals surface area contributed by atoms with Gasteiger partial charge in [0.15, 0.2) is 0 Å². The number of benzene rings is 1. The highest BCUT2D eigenvalue weighted by Gasteiger charge is 2.23. The summed E-state index contributed by atoms with van der Waals surface area (Å²) in [4.78, 5) is 14.5. The van der Waals surface area contributed by atoms with Gasteiger partial charge in [0.05, 0.1) is 12.7 Å². The molecule has 1 aromatic carbocycles. The quantitative estimate of drug-likeness (QED) is 0.859. The maximum absolute atomic E-state index is 12.1. The van der Waals surface area contributed by atoms with E-state index < -0.39 is 0 Å². The number of ether oxygens (including phenoxy) is 1. The zero-order valence-corrected chi connectivity index (χ0v) is 12.1. The van der Waals surface area contributed by atoms with Crippen LogP contribution in [0, 0.1) is 0 Å². The average Bonchev–Trinajstić information content (AvgIpc) is 2.92. The minimum Gasteiger partial charge on any atom is -0.507 e. The molecule has 1 amide bonds. The topological polar surface area (TPSA) is 61.8 Å². The third-order valence-electron chi connectivity index (χ3n) is 3.85. The zero-order valence-electron chi connectivity index (χ0n) is 12.1. The van der Waals surface area contributed by atoms with Crippen molar-refractivity contribution in [3.63, 3.8) is 0 Å². The summed E-state index contributed by atoms with van der Waals surface area (Å²) in [5.74, 6) is 0.274. The zero-order chi connectivity index (χ0) is 14.5. The molecule has 0 bridgehead atoms. The predicted molar refractivity (Wildman–Crippen MR) is 77.3 cm³/mol. The van der Waals surface area contributed by atoms with E-state index in [1.54, 1.807) is 12.1 Å². The lowest BCUT2D eigenvalue weighted by Crippen LogP contribution is -2.40. The third-order valence-corrected chi connectivity index (χ3v) is 3.85. The number of hydrogen-bond donors (Lipinski definition) is 2. The first-order chi connectivity index (χ1) is 9.65. The number of carbonyl (C=O) groups excluding carboxylic acids is 1. The van der Waals surface area contributed by atoms with Gasteiger partial charge in [-0.05, 0) is 44.1 Å². The highest BCUT2D eigenvalue weighted by molar-refractivity contribution is 5.97. The van der Waals surface area contributed by atoms with Crippen molar-refractivity contribution in [2.75, 3.05) is 26.7 Å². The molecular formula is C15H22N2O3. The van der Waals surface area contributed by atoms with Crippen LogP contribution >= 0.6 is 0 Å². The van der Waals surface area contributed by atoms with Crippen molar-refractivity contribution >= 4 is 5.91 Å². The van der Waals surface area contributed by atoms with E-state index in [4.69, 9.17) is 4.74 Å². The van der Waals surface area contributed by atoms with Crippen molar-refractivity contribution in [2.45, 2.75) is 25.8 Å². The number of aromatic hydroxyl groups is 1. The van der Waals surface area contributed by atoms with Crippen LogP contribution in [0.5, 0.6) is 11.5 Å². The maximum Gasteiger partial charge on any atom is 0.255 e. The Kier molecular flexibility index (Phi) is 4.84. The van der Waals surface area contributed by atoms with Gasteiger partial charge in [0, 0.05) is 12.6 Å². The van der Waals surface area contributed by atoms with E-state index in [0.717, 1.165) is 19.5 Å². The molecule has 1 aliphatic heterocycles. The first-order valence-corrected chi connectivity index (χ1v) is 7.05. The van der Waals surface area contributed by atoms with Crippen molar-refractivity contribution in [3.8, 4) is 11.5 Å². The Morgan fingerprint density at radius 3 is 3.05 bits per heavy atom. The fraction of sp³-hybridized carbons (Fsp3) is 0.533. The van der Waals surface area contributed by atoms with Crippen LogP contribution in [0.4, 0.5) is 0 Å². The van der Waals surface area contributed by atoms with E-state index in [1.807, 2.05) is 0 Å². The molecule has 0 aromatic heterocycles. The lowest BCUT2D eigenvalue weighted by atomic mass is 10.1. The molecule has 0 spiro atoms. The maximum atomic E-state index is 12.1. The van der Waals surface area contributed by atoms with Crippen LogP contribution in [-0.2, 0) is 0 Å². The number of amides is 1. The van der Waals surface area contributed by atoms with Crippen LogP contribution < -0.4 is 10.1 Å². The number of hydrogen-bond acceptors (Lipinski definition) is 4. The van der Waals surface area contributed by atoms with E-state index in [0.29, 0.717) is 18.3 Å². The third kappa shape index (κ3) is 3.22. The smallest absolute Gasteiger partial charge is 0.255 e. The number of likely N-dealkylation sites (N-methyl/N-ethyl adjacent to an activating group) is 1. The Morgan fingerprint density at radius 2 is 2.35 bits per heavy atom. The second kappa shape index (κ2) is 6.61. The molecule has 1 atom stereocenters. The molecule has 2 N–H and O–H groups in total. The fourth-order valence-electron chi connectivity index (χ4n) is 2.67. The number of rotatable bonds is 5. The number of nitrogens with one attached hydrogen (secondary N) is 1. The molecule has 5 heteroatoms. The molecular weight excluding hydrogens is 256 g/mol. The Hall–Kier alpha value is -1.75. The normalized spacial score (nSPS) is 19.0. The molecule has 2 rings (SSSR count). The summed E-state index contributed by atoms with van der Waals surface area (Å²) in [6.45, 7) is 4.85. The van der Waals surface area contributed by atoms with E-state index in [9.17, 15) is 9.90 Å². The lowest BCUT2D eigenvalue weighted by molar-refractivity contribution is 0.0938. The Bertz CT molecular complexity index is 476. The highest BCUT2D eigenvalue weighted by atomic mass is 16.5. The van der Waals surface area contributed by atoms with Crippen LogP contribution in [0.25, 0.3) is 0 Å². The summed E-state index contributed by atoms with van der Waals surface area (Å²) in [5.41, 5.74) is 0.255. The van der Waals surface area contributed by atoms with Crippen molar-refractivity contribution in [2.24, 2.45) is 0 Å². The first kappa shape index (κ1) is 14.7. The molecule has 1 saturated heterocycles. The van der Waals surface area contributed by atoms with Crippen LogP contribution in [0.3, 0.4) is 0 Å². The summed E-state index contributed by atoms with van der Waals surface area (Å²) in [5, 5.41) is 12.7. The largest absolute Gasteiger partial charge is 0.507 e. The molecule has 20 heavy (non-hydrogen) atoms. The van der Waals surface area contributed by atoms with Crippen molar-refractivity contribution < 1.29 is 14.6 Å². The number of likely N-dealkylation sites (tertiary alicyclic amines) is 1. The fourth-order valence-corrected chi connectivity index (χ4v) is 2.67. The summed E-state index contributed by atoms with van der Waals surface area (Å²) >= 11 is 0. The molecule has 1 aliphatic rings. The van der Waals surface area contributed by atoms with Crippen molar-refractivity contribution in [1.29, 1.82) is 0 Å². The average molecular weight is 278 g/mol. The van der Waals surface area contributed by atoms with Gasteiger partial charge in [-0.3, -0.25) is 9.69 Å². The summed E-state index contributed by atoms with van der Waals surface area (Å²) in [6, 6.07) is 5.05. The molecule has 1 heterocycles. The molecule has 1 fully saturated rings. The van der Waals surface area contributed by atoms with E-state index in [-0.39, 0.29) is 17.2 Å². The standard InChI is InChI=1S/C15H22N2O3/c1-3-17-8-4-5-11(17)10-16-15(19)13-9-12(20-2)6-7-14(13)18/h6-7,9,11,18H,3-5,8,10H2,1-2H3,(H,16,19). The number of nitrogens with zero attached hydrogens (tertiary/aromatic N) is 1. The number of carbonyl (C=O) groups is 1. The summed E-state index contributed by atoms with van der Waals surface area (Å²) in [7, 11) is 1.53. The predicted octanol–water partition coefficient (Wildman–Crippen LogP) is 1.61. The van der Waals surface area contributed by atoms with Gasteiger partial charge in [0.2, 0.25) is 0 Å². The first-order valence-electron chi connectivity index (χ1n) is 7.05. The van der Waals surface area contributed by atoms with Crippen LogP contribution in [0.15, 0.2) is 18.2 Å². The van der Waals surface area contributed by atoms with Gasteiger partial charge in [-0.15, -0.1) is 0 Å². The van der Waals surface area contributed by atoms with Gasteiger partial charge in [-0.1, -0.05) is 6.92 Å². The summed E-state index contributed by atoms with van der Waals surface area (Å²) in [6.07, 6.45) is 2.29. The molecule has 110 valence electrons. The van der Waals surface area contributed by atoms with Gasteiger partial charge in [-0.25, -0.2) is 0 Å². The molecule has 1 aromatic rings. The van der Waals surface area contributed by atoms with Gasteiger partial charge < -0.3 is 15.2 Å². The second-order valence-corrected chi connectivity index (χ2v) is 5.02. The SMILES string of the molecule is CCN1CCCC1CNC(=O)c1cc(OC)ccc1O. The highest BCUT2D eigenvalue weighted by Crippen LogP contribution is 2.23. The number of phenolic OH excluding ortho intramolecular Hbond substituents is 1. The van der Waals surface area contributed by atoms with Gasteiger partial charge in [-0.2, -0.15) is 0 Å². The molecule has 0 aliphatic carbocycles. The van der Waals surface area contributed by atoms with E-state index in [2.05, 4.69) is 17.1 Å². The molecule has 0 saturated carbocycles. The van der Waals surface area contributed by atoms with E-state index >= 15 is 0 Å². The molecule has 1 unspecified atom stereocenters. The lowest BCUT2D eigenvalue weighted by Gasteiger charge is -2.23. The van der Waals surface area contributed by atoms with Crippen LogP contribution in [-0.4, -0.2) is 48.7 Å². The second-order valence-electron chi connectivity index (χ2n) is 5.02. The van der Waals surface area contributed by atoms with Crippen LogP contribution in [0.2, 0.25) is 0 Å². The Balaban J connectivity index is 1.98. The summed E-state index contributed by atoms with van der Waals surface area (Å²) < 4.78 is 5.07. The molecule has 0 radical (unpaired) electrons. The van der Waals surface area contributed by atoms with Gasteiger partial charge in [0.25, 0.3) is 5.91 Å². The van der Waals surface area contributed by atoms with Gasteiger partial charge >= 0.3 is 0 Å². The number of methoxy groups -OCH3 is 1. The van der Waals surface area contributed by atoms with Crippen molar-refractivity contribution in [1.82, 2.24) is 10.2 Å². The Labute approximate surface area is 119 Å². The van der Waals surface area contributed by atoms with Crippen LogP contribution in [0.1, 0.15) is 30.1 Å². The molecule has 5 nitrogen and oxygen atoms in total. The Morgan fingerprint density at radius 1 is 1.55 bits per heavy atom. The monoisotopic (exact) mass is 278 g/mol.